The Labute approximate surface area is 142 Å². The molecule has 1 aromatic carbocycles. The molecule has 1 saturated heterocycles. The SMILES string of the molecule is CO[C@@H]1CN(C(=O)c2cc(F)cc3[nH]cnc23)C[C@H]1c1cn(C)nn1. The normalized spacial score (nSPS) is 20.5. The zero-order chi connectivity index (χ0) is 17.6. The summed E-state index contributed by atoms with van der Waals surface area (Å²) in [6.07, 6.45) is 3.08. The molecule has 1 fully saturated rings. The summed E-state index contributed by atoms with van der Waals surface area (Å²) in [5, 5.41) is 8.08. The zero-order valence-corrected chi connectivity index (χ0v) is 13.8. The maximum atomic E-state index is 13.8. The van der Waals surface area contributed by atoms with Crippen molar-refractivity contribution in [2.45, 2.75) is 12.0 Å². The number of aromatic amines is 1. The van der Waals surface area contributed by atoms with Crippen LogP contribution in [0.1, 0.15) is 22.0 Å². The van der Waals surface area contributed by atoms with E-state index < -0.39 is 5.82 Å². The summed E-state index contributed by atoms with van der Waals surface area (Å²) >= 11 is 0. The van der Waals surface area contributed by atoms with Crippen LogP contribution in [-0.2, 0) is 11.8 Å². The van der Waals surface area contributed by atoms with Crippen molar-refractivity contribution in [1.29, 1.82) is 0 Å². The predicted octanol–water partition coefficient (Wildman–Crippen LogP) is 1.09. The molecule has 0 aliphatic carbocycles. The standard InChI is InChI=1S/C16H17FN6O2/c1-22-6-13(20-21-22)11-5-23(7-14(11)25-2)16(24)10-3-9(17)4-12-15(10)19-8-18-12/h3-4,6,8,11,14H,5,7H2,1-2H3,(H,18,19)/t11-,14+/m0/s1. The average Bonchev–Trinajstić information content (AvgIpc) is 3.31. The quantitative estimate of drug-likeness (QED) is 0.768. The van der Waals surface area contributed by atoms with Crippen LogP contribution < -0.4 is 0 Å². The van der Waals surface area contributed by atoms with E-state index in [4.69, 9.17) is 4.74 Å². The highest BCUT2D eigenvalue weighted by molar-refractivity contribution is 6.05. The number of fused-ring (bicyclic) bond motifs is 1. The molecule has 0 bridgehead atoms. The van der Waals surface area contributed by atoms with Gasteiger partial charge in [-0.2, -0.15) is 0 Å². The molecule has 0 spiro atoms. The number of halogens is 1. The van der Waals surface area contributed by atoms with Gasteiger partial charge in [0.25, 0.3) is 5.91 Å². The number of hydrogen-bond acceptors (Lipinski definition) is 5. The summed E-state index contributed by atoms with van der Waals surface area (Å²) in [6, 6.07) is 2.55. The number of carbonyl (C=O) groups excluding carboxylic acids is 1. The fraction of sp³-hybridized carbons (Fsp3) is 0.375. The summed E-state index contributed by atoms with van der Waals surface area (Å²) in [6.45, 7) is 0.831. The number of rotatable bonds is 3. The second kappa shape index (κ2) is 5.92. The van der Waals surface area contributed by atoms with E-state index in [0.29, 0.717) is 24.1 Å². The minimum absolute atomic E-state index is 0.0779. The third-order valence-electron chi connectivity index (χ3n) is 4.58. The van der Waals surface area contributed by atoms with Gasteiger partial charge >= 0.3 is 0 Å². The number of carbonyl (C=O) groups is 1. The Bertz CT molecular complexity index is 936. The molecule has 3 heterocycles. The van der Waals surface area contributed by atoms with Crippen LogP contribution in [0.3, 0.4) is 0 Å². The molecule has 1 amide bonds. The number of methoxy groups -OCH3 is 1. The van der Waals surface area contributed by atoms with Crippen molar-refractivity contribution in [3.63, 3.8) is 0 Å². The Morgan fingerprint density at radius 1 is 1.40 bits per heavy atom. The third kappa shape index (κ3) is 2.66. The summed E-state index contributed by atoms with van der Waals surface area (Å²) in [5.74, 6) is -0.830. The third-order valence-corrected chi connectivity index (χ3v) is 4.58. The molecule has 1 aliphatic rings. The Morgan fingerprint density at radius 2 is 2.24 bits per heavy atom. The van der Waals surface area contributed by atoms with E-state index in [9.17, 15) is 9.18 Å². The van der Waals surface area contributed by atoms with E-state index >= 15 is 0 Å². The first-order chi connectivity index (χ1) is 12.1. The molecule has 4 rings (SSSR count). The minimum Gasteiger partial charge on any atom is -0.379 e. The van der Waals surface area contributed by atoms with Gasteiger partial charge in [0.05, 0.1) is 35.1 Å². The fourth-order valence-electron chi connectivity index (χ4n) is 3.35. The number of nitrogens with one attached hydrogen (secondary N) is 1. The lowest BCUT2D eigenvalue weighted by atomic mass is 10.0. The highest BCUT2D eigenvalue weighted by atomic mass is 19.1. The van der Waals surface area contributed by atoms with Crippen LogP contribution in [0.15, 0.2) is 24.7 Å². The highest BCUT2D eigenvalue weighted by Gasteiger charge is 2.38. The number of hydrogen-bond donors (Lipinski definition) is 1. The molecule has 2 aromatic heterocycles. The highest BCUT2D eigenvalue weighted by Crippen LogP contribution is 2.30. The van der Waals surface area contributed by atoms with E-state index in [0.717, 1.165) is 5.69 Å². The van der Waals surface area contributed by atoms with Crippen LogP contribution in [-0.4, -0.2) is 62.1 Å². The number of likely N-dealkylation sites (tertiary alicyclic amines) is 1. The van der Waals surface area contributed by atoms with Crippen molar-refractivity contribution < 1.29 is 13.9 Å². The van der Waals surface area contributed by atoms with Gasteiger partial charge in [-0.1, -0.05) is 5.21 Å². The molecule has 3 aromatic rings. The molecule has 8 nitrogen and oxygen atoms in total. The van der Waals surface area contributed by atoms with Crippen LogP contribution in [0.2, 0.25) is 0 Å². The predicted molar refractivity (Wildman–Crippen MR) is 86.5 cm³/mol. The Morgan fingerprint density at radius 3 is 2.96 bits per heavy atom. The molecule has 0 saturated carbocycles. The smallest absolute Gasteiger partial charge is 0.256 e. The number of nitrogens with zero attached hydrogens (tertiary/aromatic N) is 5. The molecule has 0 radical (unpaired) electrons. The minimum atomic E-state index is -0.479. The van der Waals surface area contributed by atoms with E-state index in [1.54, 1.807) is 23.7 Å². The number of H-pyrrole nitrogens is 1. The second-order valence-electron chi connectivity index (χ2n) is 6.16. The summed E-state index contributed by atoms with van der Waals surface area (Å²) in [4.78, 5) is 21.6. The maximum absolute atomic E-state index is 13.8. The summed E-state index contributed by atoms with van der Waals surface area (Å²) < 4.78 is 21.0. The first kappa shape index (κ1) is 15.7. The molecule has 0 unspecified atom stereocenters. The van der Waals surface area contributed by atoms with Crippen LogP contribution in [0.25, 0.3) is 11.0 Å². The number of amides is 1. The maximum Gasteiger partial charge on any atom is 0.256 e. The van der Waals surface area contributed by atoms with E-state index in [1.165, 1.54) is 18.5 Å². The Kier molecular flexibility index (Phi) is 3.72. The monoisotopic (exact) mass is 344 g/mol. The van der Waals surface area contributed by atoms with Crippen molar-refractivity contribution in [3.05, 3.63) is 41.7 Å². The van der Waals surface area contributed by atoms with Crippen LogP contribution in [0.4, 0.5) is 4.39 Å². The molecule has 25 heavy (non-hydrogen) atoms. The molecule has 130 valence electrons. The van der Waals surface area contributed by atoms with Gasteiger partial charge in [-0.05, 0) is 12.1 Å². The van der Waals surface area contributed by atoms with Crippen molar-refractivity contribution in [3.8, 4) is 0 Å². The van der Waals surface area contributed by atoms with Gasteiger partial charge in [0, 0.05) is 33.4 Å². The van der Waals surface area contributed by atoms with Gasteiger partial charge in [0.15, 0.2) is 0 Å². The number of ether oxygens (including phenoxy) is 1. The van der Waals surface area contributed by atoms with Crippen molar-refractivity contribution in [2.24, 2.45) is 7.05 Å². The number of aromatic nitrogens is 5. The van der Waals surface area contributed by atoms with Crippen LogP contribution in [0, 0.1) is 5.82 Å². The van der Waals surface area contributed by atoms with Crippen molar-refractivity contribution in [1.82, 2.24) is 29.9 Å². The molecule has 2 atom stereocenters. The van der Waals surface area contributed by atoms with Gasteiger partial charge in [0.2, 0.25) is 0 Å². The van der Waals surface area contributed by atoms with E-state index in [-0.39, 0.29) is 23.5 Å². The molecular weight excluding hydrogens is 327 g/mol. The molecular formula is C16H17FN6O2. The largest absolute Gasteiger partial charge is 0.379 e. The summed E-state index contributed by atoms with van der Waals surface area (Å²) in [5.41, 5.74) is 1.97. The molecule has 1 aliphatic heterocycles. The zero-order valence-electron chi connectivity index (χ0n) is 13.8. The van der Waals surface area contributed by atoms with Gasteiger partial charge in [-0.15, -0.1) is 5.10 Å². The summed E-state index contributed by atoms with van der Waals surface area (Å²) in [7, 11) is 3.40. The average molecular weight is 344 g/mol. The number of imidazole rings is 1. The van der Waals surface area contributed by atoms with Gasteiger partial charge in [-0.25, -0.2) is 9.37 Å². The first-order valence-electron chi connectivity index (χ1n) is 7.87. The van der Waals surface area contributed by atoms with Crippen molar-refractivity contribution >= 4 is 16.9 Å². The van der Waals surface area contributed by atoms with Crippen LogP contribution in [0.5, 0.6) is 0 Å². The Balaban J connectivity index is 1.65. The molecule has 1 N–H and O–H groups in total. The lowest BCUT2D eigenvalue weighted by Crippen LogP contribution is -2.30. The first-order valence-corrected chi connectivity index (χ1v) is 7.87. The fourth-order valence-corrected chi connectivity index (χ4v) is 3.35. The van der Waals surface area contributed by atoms with E-state index in [2.05, 4.69) is 20.3 Å². The molecule has 9 heteroatoms. The van der Waals surface area contributed by atoms with Gasteiger partial charge in [0.1, 0.15) is 11.3 Å². The van der Waals surface area contributed by atoms with E-state index in [1.807, 2.05) is 6.20 Å². The lowest BCUT2D eigenvalue weighted by molar-refractivity contribution is 0.0715. The van der Waals surface area contributed by atoms with Crippen molar-refractivity contribution in [2.75, 3.05) is 20.2 Å². The lowest BCUT2D eigenvalue weighted by Gasteiger charge is -2.16. The Hall–Kier alpha value is -2.81. The topological polar surface area (TPSA) is 88.9 Å². The number of benzene rings is 1. The second-order valence-corrected chi connectivity index (χ2v) is 6.16. The van der Waals surface area contributed by atoms with Gasteiger partial charge in [-0.3, -0.25) is 9.48 Å². The van der Waals surface area contributed by atoms with Crippen LogP contribution >= 0.6 is 0 Å². The number of aryl methyl sites for hydroxylation is 1. The van der Waals surface area contributed by atoms with Gasteiger partial charge < -0.3 is 14.6 Å².